The molecular formula is C12H26N2O3S. The molecule has 0 aliphatic rings. The van der Waals surface area contributed by atoms with Crippen LogP contribution < -0.4 is 10.6 Å². The van der Waals surface area contributed by atoms with Crippen LogP contribution in [0.2, 0.25) is 0 Å². The maximum absolute atomic E-state index is 11.8. The summed E-state index contributed by atoms with van der Waals surface area (Å²) >= 11 is 0. The third-order valence-electron chi connectivity index (χ3n) is 3.04. The number of amides is 1. The highest BCUT2D eigenvalue weighted by Crippen LogP contribution is 2.06. The zero-order chi connectivity index (χ0) is 14.4. The van der Waals surface area contributed by atoms with E-state index >= 15 is 0 Å². The zero-order valence-corrected chi connectivity index (χ0v) is 12.9. The van der Waals surface area contributed by atoms with Gasteiger partial charge in [-0.2, -0.15) is 0 Å². The smallest absolute Gasteiger partial charge is 0.237 e. The Balaban J connectivity index is 4.11. The van der Waals surface area contributed by atoms with Gasteiger partial charge in [-0.1, -0.05) is 13.8 Å². The zero-order valence-electron chi connectivity index (χ0n) is 12.0. The second-order valence-electron chi connectivity index (χ2n) is 5.14. The number of carbonyl (C=O) groups is 1. The molecule has 0 aliphatic carbocycles. The molecule has 0 aliphatic heterocycles. The lowest BCUT2D eigenvalue weighted by molar-refractivity contribution is -0.124. The van der Waals surface area contributed by atoms with Crippen LogP contribution in [0.15, 0.2) is 0 Å². The van der Waals surface area contributed by atoms with Gasteiger partial charge >= 0.3 is 0 Å². The third-order valence-corrected chi connectivity index (χ3v) is 4.75. The van der Waals surface area contributed by atoms with Crippen molar-refractivity contribution in [2.24, 2.45) is 0 Å². The molecular weight excluding hydrogens is 252 g/mol. The first-order valence-corrected chi connectivity index (χ1v) is 8.21. The molecule has 5 nitrogen and oxygen atoms in total. The van der Waals surface area contributed by atoms with Gasteiger partial charge < -0.3 is 10.6 Å². The molecule has 0 heterocycles. The molecule has 0 saturated heterocycles. The Morgan fingerprint density at radius 2 is 1.83 bits per heavy atom. The van der Waals surface area contributed by atoms with E-state index in [4.69, 9.17) is 0 Å². The quantitative estimate of drug-likeness (QED) is 0.685. The first kappa shape index (κ1) is 17.4. The predicted molar refractivity (Wildman–Crippen MR) is 74.3 cm³/mol. The Labute approximate surface area is 111 Å². The van der Waals surface area contributed by atoms with Gasteiger partial charge in [-0.3, -0.25) is 4.79 Å². The minimum Gasteiger partial charge on any atom is -0.350 e. The van der Waals surface area contributed by atoms with Crippen LogP contribution in [0.5, 0.6) is 0 Å². The van der Waals surface area contributed by atoms with Crippen LogP contribution in [-0.2, 0) is 14.6 Å². The average molecular weight is 278 g/mol. The highest BCUT2D eigenvalue weighted by molar-refractivity contribution is 7.91. The molecule has 0 fully saturated rings. The molecule has 1 atom stereocenters. The monoisotopic (exact) mass is 278 g/mol. The van der Waals surface area contributed by atoms with Crippen LogP contribution in [0.25, 0.3) is 0 Å². The van der Waals surface area contributed by atoms with Gasteiger partial charge in [-0.15, -0.1) is 0 Å². The number of rotatable bonds is 8. The van der Waals surface area contributed by atoms with Gasteiger partial charge in [0.15, 0.2) is 9.84 Å². The number of hydrogen-bond acceptors (Lipinski definition) is 4. The molecule has 0 rings (SSSR count). The van der Waals surface area contributed by atoms with Crippen molar-refractivity contribution in [2.75, 3.05) is 18.1 Å². The van der Waals surface area contributed by atoms with Crippen molar-refractivity contribution in [3.05, 3.63) is 0 Å². The molecule has 0 bridgehead atoms. The molecule has 18 heavy (non-hydrogen) atoms. The Bertz CT molecular complexity index is 364. The maximum atomic E-state index is 11.8. The van der Waals surface area contributed by atoms with Gasteiger partial charge in [0.2, 0.25) is 5.91 Å². The molecule has 0 aromatic heterocycles. The SMILES string of the molecule is CCC(C)(C)NC(=O)C(C)NCCS(=O)(=O)CC. The fourth-order valence-electron chi connectivity index (χ4n) is 1.20. The first-order chi connectivity index (χ1) is 8.13. The highest BCUT2D eigenvalue weighted by Gasteiger charge is 2.21. The van der Waals surface area contributed by atoms with Crippen molar-refractivity contribution >= 4 is 15.7 Å². The molecule has 0 radical (unpaired) electrons. The van der Waals surface area contributed by atoms with Crippen LogP contribution in [-0.4, -0.2) is 44.0 Å². The van der Waals surface area contributed by atoms with Gasteiger partial charge in [0.1, 0.15) is 0 Å². The lowest BCUT2D eigenvalue weighted by Crippen LogP contribution is -2.51. The number of nitrogens with one attached hydrogen (secondary N) is 2. The lowest BCUT2D eigenvalue weighted by Gasteiger charge is -2.26. The van der Waals surface area contributed by atoms with Gasteiger partial charge in [-0.05, 0) is 27.2 Å². The summed E-state index contributed by atoms with van der Waals surface area (Å²) in [7, 11) is -2.97. The second kappa shape index (κ2) is 7.09. The highest BCUT2D eigenvalue weighted by atomic mass is 32.2. The van der Waals surface area contributed by atoms with E-state index in [1.807, 2.05) is 20.8 Å². The number of sulfone groups is 1. The molecule has 2 N–H and O–H groups in total. The number of carbonyl (C=O) groups excluding carboxylic acids is 1. The molecule has 1 amide bonds. The minimum absolute atomic E-state index is 0.0677. The maximum Gasteiger partial charge on any atom is 0.237 e. The minimum atomic E-state index is -2.97. The Hall–Kier alpha value is -0.620. The van der Waals surface area contributed by atoms with E-state index in [2.05, 4.69) is 10.6 Å². The van der Waals surface area contributed by atoms with E-state index in [-0.39, 0.29) is 29.0 Å². The molecule has 6 heteroatoms. The van der Waals surface area contributed by atoms with Crippen LogP contribution in [0.1, 0.15) is 41.0 Å². The molecule has 0 spiro atoms. The largest absolute Gasteiger partial charge is 0.350 e. The Kier molecular flexibility index (Phi) is 6.84. The lowest BCUT2D eigenvalue weighted by atomic mass is 10.0. The summed E-state index contributed by atoms with van der Waals surface area (Å²) in [6.45, 7) is 9.58. The molecule has 0 aromatic carbocycles. The fourth-order valence-corrected chi connectivity index (χ4v) is 1.92. The topological polar surface area (TPSA) is 75.3 Å². The number of hydrogen-bond donors (Lipinski definition) is 2. The van der Waals surface area contributed by atoms with Crippen LogP contribution >= 0.6 is 0 Å². The molecule has 0 aromatic rings. The summed E-state index contributed by atoms with van der Waals surface area (Å²) in [5, 5.41) is 5.84. The van der Waals surface area contributed by atoms with Gasteiger partial charge in [0.25, 0.3) is 0 Å². The van der Waals surface area contributed by atoms with Crippen LogP contribution in [0.4, 0.5) is 0 Å². The summed E-state index contributed by atoms with van der Waals surface area (Å²) in [6.07, 6.45) is 0.843. The van der Waals surface area contributed by atoms with E-state index in [0.717, 1.165) is 6.42 Å². The van der Waals surface area contributed by atoms with Crippen molar-refractivity contribution in [3.63, 3.8) is 0 Å². The first-order valence-electron chi connectivity index (χ1n) is 6.39. The molecule has 108 valence electrons. The van der Waals surface area contributed by atoms with Crippen molar-refractivity contribution < 1.29 is 13.2 Å². The summed E-state index contributed by atoms with van der Waals surface area (Å²) in [5.41, 5.74) is -0.234. The van der Waals surface area contributed by atoms with Crippen molar-refractivity contribution in [1.29, 1.82) is 0 Å². The molecule has 1 unspecified atom stereocenters. The van der Waals surface area contributed by atoms with Crippen molar-refractivity contribution in [2.45, 2.75) is 52.6 Å². The van der Waals surface area contributed by atoms with E-state index in [0.29, 0.717) is 6.54 Å². The van der Waals surface area contributed by atoms with E-state index in [9.17, 15) is 13.2 Å². The second-order valence-corrected chi connectivity index (χ2v) is 7.61. The van der Waals surface area contributed by atoms with E-state index in [1.165, 1.54) is 0 Å². The predicted octanol–water partition coefficient (Wildman–Crippen LogP) is 0.704. The summed E-state index contributed by atoms with van der Waals surface area (Å²) in [4.78, 5) is 11.8. The van der Waals surface area contributed by atoms with Crippen molar-refractivity contribution in [1.82, 2.24) is 10.6 Å². The normalized spacial score (nSPS) is 14.3. The van der Waals surface area contributed by atoms with Crippen LogP contribution in [0.3, 0.4) is 0 Å². The van der Waals surface area contributed by atoms with Gasteiger partial charge in [0.05, 0.1) is 11.8 Å². The fraction of sp³-hybridized carbons (Fsp3) is 0.917. The summed E-state index contributed by atoms with van der Waals surface area (Å²) < 4.78 is 22.6. The standard InChI is InChI=1S/C12H26N2O3S/c1-6-12(4,5)14-11(15)10(3)13-8-9-18(16,17)7-2/h10,13H,6-9H2,1-5H3,(H,14,15). The summed E-state index contributed by atoms with van der Waals surface area (Å²) in [6, 6.07) is -0.386. The Morgan fingerprint density at radius 1 is 1.28 bits per heavy atom. The third kappa shape index (κ3) is 6.96. The average Bonchev–Trinajstić information content (AvgIpc) is 2.28. The van der Waals surface area contributed by atoms with E-state index in [1.54, 1.807) is 13.8 Å². The van der Waals surface area contributed by atoms with Crippen molar-refractivity contribution in [3.8, 4) is 0 Å². The Morgan fingerprint density at radius 3 is 2.28 bits per heavy atom. The molecule has 0 saturated carbocycles. The van der Waals surface area contributed by atoms with E-state index < -0.39 is 9.84 Å². The van der Waals surface area contributed by atoms with Gasteiger partial charge in [0, 0.05) is 17.8 Å². The summed E-state index contributed by atoms with van der Waals surface area (Å²) in [5.74, 6) is 0.104. The van der Waals surface area contributed by atoms with Crippen LogP contribution in [0, 0.1) is 0 Å². The van der Waals surface area contributed by atoms with Gasteiger partial charge in [-0.25, -0.2) is 8.42 Å².